The third kappa shape index (κ3) is 3.69. The summed E-state index contributed by atoms with van der Waals surface area (Å²) in [5, 5.41) is 25.0. The number of aromatic nitrogens is 2. The number of H-pyrrole nitrogens is 1. The third-order valence-electron chi connectivity index (χ3n) is 5.64. The SMILES string of the molecule is CCCN1CC2(CCN(Cc3cn[nH]c3C(=O)O)CC2)C[C@@H]1C(=O)O. The zero-order chi connectivity index (χ0) is 18.0. The van der Waals surface area contributed by atoms with Crippen LogP contribution in [0.1, 0.15) is 48.7 Å². The van der Waals surface area contributed by atoms with Crippen LogP contribution in [0.4, 0.5) is 0 Å². The number of piperidine rings is 1. The average Bonchev–Trinajstić information content (AvgIpc) is 3.16. The Labute approximate surface area is 146 Å². The van der Waals surface area contributed by atoms with Crippen molar-refractivity contribution in [1.82, 2.24) is 20.0 Å². The molecule has 2 aliphatic heterocycles. The summed E-state index contributed by atoms with van der Waals surface area (Å²) in [6.45, 7) is 6.05. The first kappa shape index (κ1) is 17.9. The van der Waals surface area contributed by atoms with Crippen molar-refractivity contribution in [2.24, 2.45) is 5.41 Å². The van der Waals surface area contributed by atoms with Crippen LogP contribution in [0.15, 0.2) is 6.20 Å². The van der Waals surface area contributed by atoms with Crippen LogP contribution in [-0.4, -0.2) is 74.4 Å². The van der Waals surface area contributed by atoms with Crippen LogP contribution in [0.25, 0.3) is 0 Å². The Morgan fingerprint density at radius 2 is 2.08 bits per heavy atom. The van der Waals surface area contributed by atoms with Crippen molar-refractivity contribution >= 4 is 11.9 Å². The van der Waals surface area contributed by atoms with Crippen LogP contribution < -0.4 is 0 Å². The van der Waals surface area contributed by atoms with Gasteiger partial charge in [0.25, 0.3) is 0 Å². The third-order valence-corrected chi connectivity index (χ3v) is 5.64. The predicted molar refractivity (Wildman–Crippen MR) is 90.4 cm³/mol. The van der Waals surface area contributed by atoms with Crippen LogP contribution >= 0.6 is 0 Å². The number of carbonyl (C=O) groups is 2. The van der Waals surface area contributed by atoms with E-state index in [-0.39, 0.29) is 17.2 Å². The quantitative estimate of drug-likeness (QED) is 0.708. The van der Waals surface area contributed by atoms with Crippen LogP contribution in [0.2, 0.25) is 0 Å². The van der Waals surface area contributed by atoms with Crippen LogP contribution in [0.3, 0.4) is 0 Å². The number of aromatic carboxylic acids is 1. The molecule has 0 saturated carbocycles. The van der Waals surface area contributed by atoms with E-state index in [1.807, 2.05) is 0 Å². The molecule has 0 bridgehead atoms. The van der Waals surface area contributed by atoms with Gasteiger partial charge in [0, 0.05) is 18.7 Å². The molecule has 25 heavy (non-hydrogen) atoms. The molecular weight excluding hydrogens is 324 g/mol. The van der Waals surface area contributed by atoms with Gasteiger partial charge in [-0.1, -0.05) is 6.92 Å². The molecule has 8 nitrogen and oxygen atoms in total. The Kier molecular flexibility index (Phi) is 5.10. The molecule has 0 aromatic carbocycles. The zero-order valence-corrected chi connectivity index (χ0v) is 14.6. The summed E-state index contributed by atoms with van der Waals surface area (Å²) in [7, 11) is 0. The average molecular weight is 350 g/mol. The molecule has 0 radical (unpaired) electrons. The molecule has 3 rings (SSSR count). The largest absolute Gasteiger partial charge is 0.480 e. The second-order valence-corrected chi connectivity index (χ2v) is 7.38. The molecule has 3 heterocycles. The summed E-state index contributed by atoms with van der Waals surface area (Å²) < 4.78 is 0. The number of carboxylic acids is 2. The molecule has 0 aliphatic carbocycles. The Hall–Kier alpha value is -1.93. The molecule has 3 N–H and O–H groups in total. The molecule has 1 aromatic rings. The van der Waals surface area contributed by atoms with E-state index in [1.54, 1.807) is 6.20 Å². The van der Waals surface area contributed by atoms with Crippen molar-refractivity contribution in [3.05, 3.63) is 17.5 Å². The van der Waals surface area contributed by atoms with Gasteiger partial charge in [-0.25, -0.2) is 4.79 Å². The predicted octanol–water partition coefficient (Wildman–Crippen LogP) is 1.26. The maximum atomic E-state index is 11.6. The molecule has 2 saturated heterocycles. The van der Waals surface area contributed by atoms with E-state index in [9.17, 15) is 14.7 Å². The van der Waals surface area contributed by atoms with E-state index in [2.05, 4.69) is 26.9 Å². The van der Waals surface area contributed by atoms with E-state index in [0.717, 1.165) is 51.9 Å². The fourth-order valence-corrected chi connectivity index (χ4v) is 4.32. The van der Waals surface area contributed by atoms with E-state index in [0.29, 0.717) is 12.1 Å². The lowest BCUT2D eigenvalue weighted by Crippen LogP contribution is -2.41. The van der Waals surface area contributed by atoms with Gasteiger partial charge in [0.15, 0.2) is 0 Å². The molecule has 0 amide bonds. The lowest BCUT2D eigenvalue weighted by Gasteiger charge is -2.39. The number of aliphatic carboxylic acids is 1. The smallest absolute Gasteiger partial charge is 0.354 e. The fourth-order valence-electron chi connectivity index (χ4n) is 4.32. The Morgan fingerprint density at radius 3 is 2.68 bits per heavy atom. The Balaban J connectivity index is 1.61. The van der Waals surface area contributed by atoms with Gasteiger partial charge in [0.1, 0.15) is 11.7 Å². The lowest BCUT2D eigenvalue weighted by molar-refractivity contribution is -0.142. The van der Waals surface area contributed by atoms with Gasteiger partial charge in [-0.2, -0.15) is 5.10 Å². The number of carboxylic acid groups (broad SMARTS) is 2. The number of aromatic amines is 1. The molecule has 8 heteroatoms. The van der Waals surface area contributed by atoms with E-state index >= 15 is 0 Å². The molecule has 1 aromatic heterocycles. The van der Waals surface area contributed by atoms with Gasteiger partial charge in [-0.3, -0.25) is 19.7 Å². The molecular formula is C17H26N4O4. The first-order chi connectivity index (χ1) is 11.9. The molecule has 138 valence electrons. The maximum Gasteiger partial charge on any atom is 0.354 e. The van der Waals surface area contributed by atoms with Gasteiger partial charge < -0.3 is 10.2 Å². The highest BCUT2D eigenvalue weighted by molar-refractivity contribution is 5.86. The minimum absolute atomic E-state index is 0.0841. The fraction of sp³-hybridized carbons (Fsp3) is 0.706. The maximum absolute atomic E-state index is 11.6. The summed E-state index contributed by atoms with van der Waals surface area (Å²) in [6, 6.07) is -0.362. The van der Waals surface area contributed by atoms with E-state index < -0.39 is 11.9 Å². The van der Waals surface area contributed by atoms with Crippen molar-refractivity contribution in [3.8, 4) is 0 Å². The van der Waals surface area contributed by atoms with Crippen molar-refractivity contribution in [1.29, 1.82) is 0 Å². The zero-order valence-electron chi connectivity index (χ0n) is 14.6. The topological polar surface area (TPSA) is 110 Å². The first-order valence-electron chi connectivity index (χ1n) is 8.89. The second-order valence-electron chi connectivity index (χ2n) is 7.38. The summed E-state index contributed by atoms with van der Waals surface area (Å²) in [6.07, 6.45) is 5.17. The highest BCUT2D eigenvalue weighted by Gasteiger charge is 2.47. The van der Waals surface area contributed by atoms with Crippen LogP contribution in [0.5, 0.6) is 0 Å². The number of rotatable bonds is 6. The second kappa shape index (κ2) is 7.13. The van der Waals surface area contributed by atoms with E-state index in [4.69, 9.17) is 5.11 Å². The molecule has 1 spiro atoms. The van der Waals surface area contributed by atoms with Crippen molar-refractivity contribution in [2.45, 2.75) is 45.2 Å². The van der Waals surface area contributed by atoms with Gasteiger partial charge in [0.05, 0.1) is 6.20 Å². The number of hydrogen-bond acceptors (Lipinski definition) is 5. The molecule has 0 unspecified atom stereocenters. The van der Waals surface area contributed by atoms with Crippen molar-refractivity contribution in [2.75, 3.05) is 26.2 Å². The van der Waals surface area contributed by atoms with Gasteiger partial charge in [-0.15, -0.1) is 0 Å². The highest BCUT2D eigenvalue weighted by atomic mass is 16.4. The minimum atomic E-state index is -0.990. The molecule has 1 atom stereocenters. The molecule has 2 aliphatic rings. The lowest BCUT2D eigenvalue weighted by atomic mass is 9.76. The summed E-state index contributed by atoms with van der Waals surface area (Å²) in [4.78, 5) is 27.1. The Morgan fingerprint density at radius 1 is 1.36 bits per heavy atom. The number of nitrogens with zero attached hydrogens (tertiary/aromatic N) is 3. The highest BCUT2D eigenvalue weighted by Crippen LogP contribution is 2.43. The monoisotopic (exact) mass is 350 g/mol. The van der Waals surface area contributed by atoms with Crippen molar-refractivity contribution < 1.29 is 19.8 Å². The van der Waals surface area contributed by atoms with Crippen molar-refractivity contribution in [3.63, 3.8) is 0 Å². The normalized spacial score (nSPS) is 24.0. The van der Waals surface area contributed by atoms with Crippen LogP contribution in [0, 0.1) is 5.41 Å². The Bertz CT molecular complexity index is 636. The molecule has 2 fully saturated rings. The standard InChI is InChI=1S/C17H26N4O4/c1-2-5-21-11-17(8-13(21)15(22)23)3-6-20(7-4-17)10-12-9-18-19-14(12)16(24)25/h9,13H,2-8,10-11H2,1H3,(H,18,19)(H,22,23)(H,24,25)/t13-/m1/s1. The number of nitrogens with one attached hydrogen (secondary N) is 1. The summed E-state index contributed by atoms with van der Waals surface area (Å²) >= 11 is 0. The summed E-state index contributed by atoms with van der Waals surface area (Å²) in [5.74, 6) is -1.70. The van der Waals surface area contributed by atoms with Crippen LogP contribution in [-0.2, 0) is 11.3 Å². The first-order valence-corrected chi connectivity index (χ1v) is 8.89. The van der Waals surface area contributed by atoms with Gasteiger partial charge >= 0.3 is 11.9 Å². The van der Waals surface area contributed by atoms with Gasteiger partial charge in [0.2, 0.25) is 0 Å². The number of hydrogen-bond donors (Lipinski definition) is 3. The summed E-state index contributed by atoms with van der Waals surface area (Å²) in [5.41, 5.74) is 0.938. The minimum Gasteiger partial charge on any atom is -0.480 e. The van der Waals surface area contributed by atoms with E-state index in [1.165, 1.54) is 0 Å². The number of likely N-dealkylation sites (tertiary alicyclic amines) is 2. The van der Waals surface area contributed by atoms with Gasteiger partial charge in [-0.05, 0) is 50.7 Å².